The van der Waals surface area contributed by atoms with Crippen molar-refractivity contribution in [1.82, 2.24) is 0 Å². The van der Waals surface area contributed by atoms with Crippen molar-refractivity contribution in [2.24, 2.45) is 5.92 Å². The van der Waals surface area contributed by atoms with Gasteiger partial charge in [-0.3, -0.25) is 0 Å². The van der Waals surface area contributed by atoms with E-state index in [1.165, 1.54) is 203 Å². The van der Waals surface area contributed by atoms with E-state index in [1.807, 2.05) is 0 Å². The lowest BCUT2D eigenvalue weighted by Gasteiger charge is -2.44. The maximum Gasteiger partial charge on any atom is 0.0588 e. The minimum Gasteiger partial charge on any atom is -0.334 e. The Labute approximate surface area is 683 Å². The largest absolute Gasteiger partial charge is 0.334 e. The third-order valence-corrected chi connectivity index (χ3v) is 27.9. The van der Waals surface area contributed by atoms with Gasteiger partial charge in [0, 0.05) is 73.0 Å². The van der Waals surface area contributed by atoms with E-state index in [4.69, 9.17) is 0 Å². The highest BCUT2D eigenvalue weighted by atomic mass is 15.2. The van der Waals surface area contributed by atoms with E-state index in [0.717, 1.165) is 19.3 Å². The summed E-state index contributed by atoms with van der Waals surface area (Å²) in [7, 11) is 0. The van der Waals surface area contributed by atoms with Crippen molar-refractivity contribution in [1.29, 1.82) is 0 Å². The van der Waals surface area contributed by atoms with Crippen LogP contribution in [0, 0.1) is 5.92 Å². The van der Waals surface area contributed by atoms with Crippen LogP contribution in [-0.4, -0.2) is 6.04 Å². The summed E-state index contributed by atoms with van der Waals surface area (Å²) in [6, 6.07) is 110. The van der Waals surface area contributed by atoms with Gasteiger partial charge in [-0.2, -0.15) is 0 Å². The van der Waals surface area contributed by atoms with Crippen LogP contribution < -0.4 is 19.6 Å². The van der Waals surface area contributed by atoms with Gasteiger partial charge in [0.05, 0.1) is 34.5 Å². The summed E-state index contributed by atoms with van der Waals surface area (Å²) >= 11 is 0. The lowest BCUT2D eigenvalue weighted by Crippen LogP contribution is -2.38. The summed E-state index contributed by atoms with van der Waals surface area (Å²) in [6.07, 6.45) is 28.9. The molecule has 22 rings (SSSR count). The van der Waals surface area contributed by atoms with Gasteiger partial charge >= 0.3 is 0 Å². The van der Waals surface area contributed by atoms with Gasteiger partial charge in [-0.1, -0.05) is 310 Å². The van der Waals surface area contributed by atoms with Crippen LogP contribution >= 0.6 is 0 Å². The molecule has 4 heterocycles. The minimum absolute atomic E-state index is 0.0264. The molecule has 0 amide bonds. The van der Waals surface area contributed by atoms with E-state index in [-0.39, 0.29) is 27.6 Å². The molecule has 0 fully saturated rings. The Kier molecular flexibility index (Phi) is 15.9. The van der Waals surface area contributed by atoms with Crippen LogP contribution in [-0.2, 0) is 28.1 Å². The molecule has 562 valence electrons. The molecule has 14 aromatic carbocycles. The molecule has 14 aromatic rings. The zero-order chi connectivity index (χ0) is 78.1. The van der Waals surface area contributed by atoms with Crippen molar-refractivity contribution in [2.75, 3.05) is 19.6 Å². The van der Waals surface area contributed by atoms with E-state index in [1.54, 1.807) is 5.57 Å². The number of para-hydroxylation sites is 5. The summed E-state index contributed by atoms with van der Waals surface area (Å²) in [5.41, 5.74) is 39.1. The maximum absolute atomic E-state index is 2.63. The first-order valence-electron chi connectivity index (χ1n) is 42.1. The van der Waals surface area contributed by atoms with E-state index < -0.39 is 0 Å². The van der Waals surface area contributed by atoms with Gasteiger partial charge in [0.2, 0.25) is 0 Å². The molecule has 3 atom stereocenters. The van der Waals surface area contributed by atoms with Gasteiger partial charge in [-0.25, -0.2) is 0 Å². The molecule has 0 spiro atoms. The SMILES string of the molecule is CC1(C)c2cc(C=Cc3ccc(N4c5ccccc5CC(c5cccc6c5C(C)(C)c5ccccc5N6c5ccc6c(c5)C(C)(C)c5cc(C=Cc7ccc8cc(N9C%10=C(CCC=C%10)CCC%10C=CC=CC%109)ccc8c7)ccc5-6)c5ccccc54)c4ccccc34)ccc2-c2ccc(N3c4ccccc4C(C)(C)c4ccccc43)cc21. The Morgan fingerprint density at radius 2 is 0.845 bits per heavy atom. The molecule has 0 radical (unpaired) electrons. The van der Waals surface area contributed by atoms with Crippen LogP contribution in [0.5, 0.6) is 0 Å². The number of allylic oxidation sites excluding steroid dienone is 5. The molecule has 4 nitrogen and oxygen atoms in total. The molecule has 116 heavy (non-hydrogen) atoms. The van der Waals surface area contributed by atoms with Crippen molar-refractivity contribution < 1.29 is 0 Å². The fourth-order valence-corrected chi connectivity index (χ4v) is 22.0. The molecule has 8 aliphatic rings. The average molecular weight is 1500 g/mol. The average Bonchev–Trinajstić information content (AvgIpc) is 1.25. The standard InChI is InChI=1S/C112H94N4/c1-109(2)92-33-15-22-40-104(92)114(105-41-23-16-34-93(105)109)81-57-61-86-85-60-49-73(66-96(85)111(5,6)97(86)69-81)46-50-74-55-63-103(88-30-13-12-29-83(74)88)116-101-38-20-11-28-79(101)68-91(89-31-14-21-39-102(89)116)90-32-25-43-107-108(90)112(7,8)94-35-17-24-42-106(94)115(107)82-58-62-87-84-59-48-72(65-95(84)110(3,4)98(87)70-82)45-44-71-47-51-78-67-80(56-54-77(78)64-71)113-99-36-18-9-26-75(99)52-53-76-27-10-19-37-100(76)113/h9,11-26,28-51,54-67,69-70,75,91,99H,10,27,52-53,68H2,1-8H3. The van der Waals surface area contributed by atoms with Gasteiger partial charge < -0.3 is 19.6 Å². The number of fused-ring (bicyclic) bond motifs is 15. The monoisotopic (exact) mass is 1490 g/mol. The molecule has 4 aliphatic carbocycles. The second-order valence-electron chi connectivity index (χ2n) is 35.8. The van der Waals surface area contributed by atoms with E-state index in [2.05, 4.69) is 421 Å². The molecule has 4 heteroatoms. The molecule has 3 unspecified atom stereocenters. The third kappa shape index (κ3) is 10.8. The predicted molar refractivity (Wildman–Crippen MR) is 490 cm³/mol. The lowest BCUT2D eigenvalue weighted by molar-refractivity contribution is 0.528. The van der Waals surface area contributed by atoms with Crippen LogP contribution in [0.2, 0.25) is 0 Å². The van der Waals surface area contributed by atoms with Crippen LogP contribution in [0.4, 0.5) is 56.9 Å². The molecule has 4 aliphatic heterocycles. The summed E-state index contributed by atoms with van der Waals surface area (Å²) in [4.78, 5) is 10.3. The highest BCUT2D eigenvalue weighted by Crippen LogP contribution is 2.61. The second kappa shape index (κ2) is 26.4. The Hall–Kier alpha value is -12.8. The van der Waals surface area contributed by atoms with E-state index >= 15 is 0 Å². The Balaban J connectivity index is 0.565. The summed E-state index contributed by atoms with van der Waals surface area (Å²) in [5, 5.41) is 4.95. The molecular formula is C112H94N4. The number of rotatable bonds is 9. The predicted octanol–water partition coefficient (Wildman–Crippen LogP) is 29.6. The number of anilines is 10. The van der Waals surface area contributed by atoms with Gasteiger partial charge in [0.1, 0.15) is 0 Å². The molecule has 0 saturated heterocycles. The topological polar surface area (TPSA) is 13.0 Å². The van der Waals surface area contributed by atoms with Crippen LogP contribution in [0.1, 0.15) is 170 Å². The first-order chi connectivity index (χ1) is 56.5. The summed E-state index contributed by atoms with van der Waals surface area (Å²) < 4.78 is 0. The Bertz CT molecular complexity index is 6640. The highest BCUT2D eigenvalue weighted by molar-refractivity contribution is 6.05. The fraction of sp³-hybridized carbons (Fsp3) is 0.179. The summed E-state index contributed by atoms with van der Waals surface area (Å²) in [5.74, 6) is 0.533. The molecular weight excluding hydrogens is 1400 g/mol. The number of hydrogen-bond donors (Lipinski definition) is 0. The van der Waals surface area contributed by atoms with Crippen LogP contribution in [0.25, 0.3) is 68.1 Å². The van der Waals surface area contributed by atoms with Crippen molar-refractivity contribution >= 4 is 103 Å². The third-order valence-electron chi connectivity index (χ3n) is 27.9. The van der Waals surface area contributed by atoms with Crippen molar-refractivity contribution in [3.8, 4) is 22.3 Å². The minimum atomic E-state index is -0.347. The van der Waals surface area contributed by atoms with Crippen LogP contribution in [0.15, 0.2) is 333 Å². The van der Waals surface area contributed by atoms with E-state index in [9.17, 15) is 0 Å². The van der Waals surface area contributed by atoms with Gasteiger partial charge in [0.25, 0.3) is 0 Å². The molecule has 0 N–H and O–H groups in total. The van der Waals surface area contributed by atoms with Crippen LogP contribution in [0.3, 0.4) is 0 Å². The maximum atomic E-state index is 2.63. The van der Waals surface area contributed by atoms with Gasteiger partial charge in [-0.05, 0) is 251 Å². The van der Waals surface area contributed by atoms with Crippen molar-refractivity contribution in [3.05, 3.63) is 416 Å². The number of nitrogens with zero attached hydrogens (tertiary/aromatic N) is 4. The quantitative estimate of drug-likeness (QED) is 0.134. The highest BCUT2D eigenvalue weighted by Gasteiger charge is 2.45. The first-order valence-corrected chi connectivity index (χ1v) is 42.1. The second-order valence-corrected chi connectivity index (χ2v) is 35.8. The molecule has 0 aromatic heterocycles. The molecule has 0 bridgehead atoms. The summed E-state index contributed by atoms with van der Waals surface area (Å²) in [6.45, 7) is 19.3. The van der Waals surface area contributed by atoms with E-state index in [0.29, 0.717) is 12.0 Å². The fourth-order valence-electron chi connectivity index (χ4n) is 22.0. The smallest absolute Gasteiger partial charge is 0.0588 e. The van der Waals surface area contributed by atoms with Crippen molar-refractivity contribution in [3.63, 3.8) is 0 Å². The first kappa shape index (κ1) is 69.9. The van der Waals surface area contributed by atoms with Gasteiger partial charge in [0.15, 0.2) is 0 Å². The van der Waals surface area contributed by atoms with Crippen molar-refractivity contribution in [2.45, 2.75) is 121 Å². The molecule has 0 saturated carbocycles. The number of benzene rings is 14. The zero-order valence-corrected chi connectivity index (χ0v) is 67.5. The van der Waals surface area contributed by atoms with Gasteiger partial charge in [-0.15, -0.1) is 0 Å². The number of hydrogen-bond acceptors (Lipinski definition) is 4. The normalized spacial score (nSPS) is 18.9. The lowest BCUT2D eigenvalue weighted by atomic mass is 9.68. The Morgan fingerprint density at radius 1 is 0.345 bits per heavy atom. The zero-order valence-electron chi connectivity index (χ0n) is 67.5. The Morgan fingerprint density at radius 3 is 1.53 bits per heavy atom.